The summed E-state index contributed by atoms with van der Waals surface area (Å²) < 4.78 is 21.8. The number of aliphatic hydroxyl groups is 10. The van der Waals surface area contributed by atoms with Crippen LogP contribution in [0.3, 0.4) is 0 Å². The Morgan fingerprint density at radius 3 is 1.91 bits per heavy atom. The van der Waals surface area contributed by atoms with Crippen LogP contribution in [0.15, 0.2) is 0 Å². The first-order chi connectivity index (χ1) is 16.5. The summed E-state index contributed by atoms with van der Waals surface area (Å²) >= 11 is 0. The number of aliphatic hydroxyl groups excluding tert-OH is 10. The van der Waals surface area contributed by atoms with Crippen LogP contribution in [-0.4, -0.2) is 163 Å². The van der Waals surface area contributed by atoms with E-state index in [0.717, 1.165) is 6.92 Å². The van der Waals surface area contributed by atoms with Crippen LogP contribution in [0.25, 0.3) is 0 Å². The van der Waals surface area contributed by atoms with Crippen molar-refractivity contribution in [1.29, 1.82) is 0 Å². The highest BCUT2D eigenvalue weighted by Gasteiger charge is 2.52. The molecule has 2 aliphatic heterocycles. The number of hydrogen-bond acceptors (Lipinski definition) is 15. The Balaban J connectivity index is 2.31. The van der Waals surface area contributed by atoms with Crippen molar-refractivity contribution < 1.29 is 74.8 Å². The summed E-state index contributed by atoms with van der Waals surface area (Å²) in [6.07, 6.45) is -19.6. The Morgan fingerprint density at radius 1 is 0.857 bits per heavy atom. The Morgan fingerprint density at radius 2 is 1.43 bits per heavy atom. The third kappa shape index (κ3) is 7.02. The monoisotopic (exact) mass is 517 g/mol. The van der Waals surface area contributed by atoms with E-state index < -0.39 is 112 Å². The van der Waals surface area contributed by atoms with Gasteiger partial charge in [0, 0.05) is 6.92 Å². The van der Waals surface area contributed by atoms with Gasteiger partial charge < -0.3 is 75.3 Å². The van der Waals surface area contributed by atoms with Crippen LogP contribution in [-0.2, 0) is 23.7 Å². The standard InChI is InChI=1S/C19H35NO15/c1-6(25)20-11-17(35-19-16(31)14(29)9(4-23)34-19)15(30)10(5-24)33-18(11)32-8(3-22)13(28)12(27)7(26)2-21/h7-19,21-24,26-31H,2-5H2,1H3,(H,20,25)/t7-,8-,9-,10-,11-,12-,13-,14-,15-,16+,17-,18-,19+/m1/s1. The van der Waals surface area contributed by atoms with Gasteiger partial charge >= 0.3 is 0 Å². The normalized spacial score (nSPS) is 39.1. The first-order valence-electron chi connectivity index (χ1n) is 10.9. The zero-order chi connectivity index (χ0) is 26.4. The molecule has 16 nitrogen and oxygen atoms in total. The molecule has 0 radical (unpaired) electrons. The van der Waals surface area contributed by atoms with E-state index in [0.29, 0.717) is 0 Å². The van der Waals surface area contributed by atoms with E-state index in [1.807, 2.05) is 0 Å². The first-order valence-corrected chi connectivity index (χ1v) is 10.9. The summed E-state index contributed by atoms with van der Waals surface area (Å²) in [4.78, 5) is 11.9. The van der Waals surface area contributed by atoms with E-state index in [1.165, 1.54) is 0 Å². The lowest BCUT2D eigenvalue weighted by molar-refractivity contribution is -0.319. The van der Waals surface area contributed by atoms with Gasteiger partial charge in [-0.05, 0) is 0 Å². The largest absolute Gasteiger partial charge is 0.394 e. The second-order valence-electron chi connectivity index (χ2n) is 8.34. The van der Waals surface area contributed by atoms with E-state index in [-0.39, 0.29) is 0 Å². The molecule has 0 aliphatic carbocycles. The minimum atomic E-state index is -1.96. The molecular weight excluding hydrogens is 482 g/mol. The van der Waals surface area contributed by atoms with Gasteiger partial charge in [0.15, 0.2) is 12.6 Å². The van der Waals surface area contributed by atoms with Gasteiger partial charge in [0.25, 0.3) is 0 Å². The molecule has 206 valence electrons. The van der Waals surface area contributed by atoms with Crippen LogP contribution in [0.5, 0.6) is 0 Å². The predicted octanol–water partition coefficient (Wildman–Crippen LogP) is -7.15. The van der Waals surface area contributed by atoms with Crippen LogP contribution >= 0.6 is 0 Å². The summed E-state index contributed by atoms with van der Waals surface area (Å²) in [7, 11) is 0. The van der Waals surface area contributed by atoms with Crippen LogP contribution in [0.4, 0.5) is 0 Å². The van der Waals surface area contributed by atoms with E-state index in [9.17, 15) is 50.8 Å². The van der Waals surface area contributed by atoms with E-state index in [1.54, 1.807) is 0 Å². The molecular formula is C19H35NO15. The van der Waals surface area contributed by atoms with E-state index in [2.05, 4.69) is 5.32 Å². The lowest BCUT2D eigenvalue weighted by Crippen LogP contribution is -2.67. The number of hydrogen-bond donors (Lipinski definition) is 11. The molecule has 0 spiro atoms. The zero-order valence-electron chi connectivity index (χ0n) is 18.8. The second kappa shape index (κ2) is 13.5. The SMILES string of the molecule is CC(=O)N[C@H]1[C@H](O[C@H](CO)[C@@H](O)[C@H](O)[C@H](O)CO)O[C@H](CO)[C@@H](O)[C@@H]1O[C@@H]1O[C@H](CO)[C@@H](O)[C@@H]1O. The maximum atomic E-state index is 11.9. The smallest absolute Gasteiger partial charge is 0.217 e. The summed E-state index contributed by atoms with van der Waals surface area (Å²) in [6, 6.07) is -1.42. The quantitative estimate of drug-likeness (QED) is 0.115. The van der Waals surface area contributed by atoms with Crippen LogP contribution in [0, 0.1) is 0 Å². The Kier molecular flexibility index (Phi) is 11.6. The number of rotatable bonds is 12. The molecule has 2 aliphatic rings. The van der Waals surface area contributed by atoms with Gasteiger partial charge in [0.2, 0.25) is 5.91 Å². The maximum absolute atomic E-state index is 11.9. The lowest BCUT2D eigenvalue weighted by Gasteiger charge is -2.46. The number of nitrogens with one attached hydrogen (secondary N) is 1. The van der Waals surface area contributed by atoms with Gasteiger partial charge in [-0.15, -0.1) is 0 Å². The van der Waals surface area contributed by atoms with Gasteiger partial charge in [-0.1, -0.05) is 0 Å². The molecule has 2 fully saturated rings. The average molecular weight is 517 g/mol. The highest BCUT2D eigenvalue weighted by atomic mass is 16.7. The highest BCUT2D eigenvalue weighted by Crippen LogP contribution is 2.31. The van der Waals surface area contributed by atoms with Crippen LogP contribution in [0.1, 0.15) is 6.92 Å². The fourth-order valence-electron chi connectivity index (χ4n) is 3.83. The fourth-order valence-corrected chi connectivity index (χ4v) is 3.83. The van der Waals surface area contributed by atoms with Crippen molar-refractivity contribution in [2.24, 2.45) is 0 Å². The van der Waals surface area contributed by atoms with Crippen LogP contribution in [0.2, 0.25) is 0 Å². The van der Waals surface area contributed by atoms with Crippen molar-refractivity contribution in [1.82, 2.24) is 5.32 Å². The molecule has 2 heterocycles. The van der Waals surface area contributed by atoms with Gasteiger partial charge in [0.05, 0.1) is 26.4 Å². The molecule has 0 aromatic heterocycles. The molecule has 2 saturated heterocycles. The molecule has 0 aromatic carbocycles. The summed E-state index contributed by atoms with van der Waals surface area (Å²) in [5, 5.41) is 101. The Bertz CT molecular complexity index is 658. The second-order valence-corrected chi connectivity index (χ2v) is 8.34. The molecule has 13 atom stereocenters. The topological polar surface area (TPSA) is 268 Å². The molecule has 0 aromatic rings. The number of carbonyl (C=O) groups excluding carboxylic acids is 1. The van der Waals surface area contributed by atoms with Crippen molar-refractivity contribution in [3.63, 3.8) is 0 Å². The minimum Gasteiger partial charge on any atom is -0.394 e. The number of ether oxygens (including phenoxy) is 4. The highest BCUT2D eigenvalue weighted by molar-refractivity contribution is 5.73. The van der Waals surface area contributed by atoms with Crippen molar-refractivity contribution in [3.05, 3.63) is 0 Å². The molecule has 11 N–H and O–H groups in total. The third-order valence-corrected chi connectivity index (χ3v) is 5.81. The van der Waals surface area contributed by atoms with Crippen molar-refractivity contribution in [2.75, 3.05) is 26.4 Å². The van der Waals surface area contributed by atoms with E-state index >= 15 is 0 Å². The molecule has 1 amide bonds. The average Bonchev–Trinajstić information content (AvgIpc) is 3.11. The molecule has 0 bridgehead atoms. The van der Waals surface area contributed by atoms with Gasteiger partial charge in [-0.2, -0.15) is 0 Å². The first kappa shape index (κ1) is 30.1. The lowest BCUT2D eigenvalue weighted by atomic mass is 9.96. The number of amides is 1. The predicted molar refractivity (Wildman–Crippen MR) is 109 cm³/mol. The molecule has 2 rings (SSSR count). The van der Waals surface area contributed by atoms with Crippen molar-refractivity contribution in [3.8, 4) is 0 Å². The molecule has 0 saturated carbocycles. The van der Waals surface area contributed by atoms with Gasteiger partial charge in [-0.25, -0.2) is 0 Å². The molecule has 0 unspecified atom stereocenters. The van der Waals surface area contributed by atoms with E-state index in [4.69, 9.17) is 24.1 Å². The third-order valence-electron chi connectivity index (χ3n) is 5.81. The number of carbonyl (C=O) groups is 1. The van der Waals surface area contributed by atoms with Crippen molar-refractivity contribution >= 4 is 5.91 Å². The summed E-state index contributed by atoms with van der Waals surface area (Å²) in [6.45, 7) is -2.20. The van der Waals surface area contributed by atoms with Gasteiger partial charge in [0.1, 0.15) is 67.1 Å². The molecule has 16 heteroatoms. The summed E-state index contributed by atoms with van der Waals surface area (Å²) in [5.41, 5.74) is 0. The Hall–Kier alpha value is -1.09. The fraction of sp³-hybridized carbons (Fsp3) is 0.947. The zero-order valence-corrected chi connectivity index (χ0v) is 18.8. The minimum absolute atomic E-state index is 0.660. The van der Waals surface area contributed by atoms with Crippen LogP contribution < -0.4 is 5.32 Å². The molecule has 35 heavy (non-hydrogen) atoms. The maximum Gasteiger partial charge on any atom is 0.217 e. The van der Waals surface area contributed by atoms with Crippen molar-refractivity contribution in [2.45, 2.75) is 86.6 Å². The Labute approximate surface area is 199 Å². The summed E-state index contributed by atoms with van der Waals surface area (Å²) in [5.74, 6) is -0.673. The van der Waals surface area contributed by atoms with Gasteiger partial charge in [-0.3, -0.25) is 4.79 Å².